The molecule has 1 aromatic heterocycles. The number of hydrogen-bond acceptors (Lipinski definition) is 6. The Hall–Kier alpha value is -2.71. The third-order valence-electron chi connectivity index (χ3n) is 5.21. The van der Waals surface area contributed by atoms with Crippen molar-refractivity contribution in [1.29, 1.82) is 0 Å². The van der Waals surface area contributed by atoms with Crippen molar-refractivity contribution in [2.24, 2.45) is 0 Å². The number of carbonyl (C=O) groups excluding carboxylic acids is 1. The maximum atomic E-state index is 13.4. The quantitative estimate of drug-likeness (QED) is 0.421. The number of anilines is 1. The fourth-order valence-corrected chi connectivity index (χ4v) is 5.47. The number of thioether (sulfide) groups is 2. The first-order valence-corrected chi connectivity index (χ1v) is 12.2. The Bertz CT molecular complexity index is 1220. The van der Waals surface area contributed by atoms with Gasteiger partial charge in [0.05, 0.1) is 29.1 Å². The fourth-order valence-electron chi connectivity index (χ4n) is 3.54. The highest BCUT2D eigenvalue weighted by Crippen LogP contribution is 2.35. The standard InChI is InChI=1S/C24H25N3O3S2/c1-14-5-6-15(2)19(11-14)25-21(28)13-31-24-26-20-12-16(3)32-22(20)23(29)27(24)17-7-9-18(30-4)10-8-17/h5-11,16H,12-13H2,1-4H3,(H,25,28). The highest BCUT2D eigenvalue weighted by atomic mass is 32.2. The van der Waals surface area contributed by atoms with E-state index >= 15 is 0 Å². The number of methoxy groups -OCH3 is 1. The van der Waals surface area contributed by atoms with E-state index in [2.05, 4.69) is 12.2 Å². The Morgan fingerprint density at radius 2 is 2.00 bits per heavy atom. The molecule has 32 heavy (non-hydrogen) atoms. The number of fused-ring (bicyclic) bond motifs is 1. The average molecular weight is 468 g/mol. The van der Waals surface area contributed by atoms with Crippen molar-refractivity contribution in [2.75, 3.05) is 18.2 Å². The molecule has 2 heterocycles. The van der Waals surface area contributed by atoms with E-state index in [1.165, 1.54) is 11.8 Å². The minimum Gasteiger partial charge on any atom is -0.497 e. The van der Waals surface area contributed by atoms with Crippen LogP contribution in [0.4, 0.5) is 5.69 Å². The normalized spacial score (nSPS) is 14.8. The summed E-state index contributed by atoms with van der Waals surface area (Å²) in [5.74, 6) is 0.723. The van der Waals surface area contributed by atoms with Crippen LogP contribution >= 0.6 is 23.5 Å². The summed E-state index contributed by atoms with van der Waals surface area (Å²) in [4.78, 5) is 31.5. The number of amides is 1. The molecule has 0 fully saturated rings. The molecule has 3 aromatic rings. The fraction of sp³-hybridized carbons (Fsp3) is 0.292. The largest absolute Gasteiger partial charge is 0.497 e. The SMILES string of the molecule is COc1ccc(-n2c(SCC(=O)Nc3cc(C)ccc3C)nc3c(c2=O)SC(C)C3)cc1. The van der Waals surface area contributed by atoms with E-state index in [1.807, 2.05) is 56.3 Å². The van der Waals surface area contributed by atoms with Crippen molar-refractivity contribution in [3.63, 3.8) is 0 Å². The number of aryl methyl sites for hydroxylation is 2. The molecule has 1 aliphatic rings. The van der Waals surface area contributed by atoms with Crippen molar-refractivity contribution in [3.8, 4) is 11.4 Å². The van der Waals surface area contributed by atoms with Crippen LogP contribution in [0.15, 0.2) is 57.3 Å². The van der Waals surface area contributed by atoms with Gasteiger partial charge in [-0.05, 0) is 55.3 Å². The Morgan fingerprint density at radius 3 is 2.72 bits per heavy atom. The van der Waals surface area contributed by atoms with Gasteiger partial charge in [0.2, 0.25) is 5.91 Å². The van der Waals surface area contributed by atoms with Crippen molar-refractivity contribution >= 4 is 35.1 Å². The summed E-state index contributed by atoms with van der Waals surface area (Å²) in [6.07, 6.45) is 0.751. The first-order chi connectivity index (χ1) is 15.4. The average Bonchev–Trinajstić information content (AvgIpc) is 3.15. The number of benzene rings is 2. The zero-order valence-electron chi connectivity index (χ0n) is 18.5. The summed E-state index contributed by atoms with van der Waals surface area (Å²) in [5, 5.41) is 3.80. The molecule has 2 aromatic carbocycles. The second-order valence-electron chi connectivity index (χ2n) is 7.80. The molecule has 8 heteroatoms. The topological polar surface area (TPSA) is 73.2 Å². The van der Waals surface area contributed by atoms with E-state index in [0.717, 1.165) is 28.9 Å². The van der Waals surface area contributed by atoms with Crippen LogP contribution in [0.2, 0.25) is 0 Å². The van der Waals surface area contributed by atoms with Gasteiger partial charge in [0.25, 0.3) is 5.56 Å². The third kappa shape index (κ3) is 4.71. The van der Waals surface area contributed by atoms with Crippen molar-refractivity contribution in [2.45, 2.75) is 42.5 Å². The number of aromatic nitrogens is 2. The van der Waals surface area contributed by atoms with Crippen LogP contribution in [0.5, 0.6) is 5.75 Å². The predicted molar refractivity (Wildman–Crippen MR) is 131 cm³/mol. The Morgan fingerprint density at radius 1 is 1.25 bits per heavy atom. The van der Waals surface area contributed by atoms with Gasteiger partial charge in [0.15, 0.2) is 5.16 Å². The van der Waals surface area contributed by atoms with E-state index in [0.29, 0.717) is 26.7 Å². The zero-order chi connectivity index (χ0) is 22.8. The summed E-state index contributed by atoms with van der Waals surface area (Å²) < 4.78 is 6.84. The number of rotatable bonds is 6. The van der Waals surface area contributed by atoms with Crippen molar-refractivity contribution in [3.05, 3.63) is 69.6 Å². The third-order valence-corrected chi connectivity index (χ3v) is 7.36. The van der Waals surface area contributed by atoms with Crippen LogP contribution in [0.3, 0.4) is 0 Å². The van der Waals surface area contributed by atoms with E-state index < -0.39 is 0 Å². The second kappa shape index (κ2) is 9.42. The van der Waals surface area contributed by atoms with Gasteiger partial charge in [0.1, 0.15) is 5.75 Å². The first kappa shape index (κ1) is 22.5. The summed E-state index contributed by atoms with van der Waals surface area (Å²) in [5.41, 5.74) is 4.31. The summed E-state index contributed by atoms with van der Waals surface area (Å²) in [6.45, 7) is 6.04. The first-order valence-electron chi connectivity index (χ1n) is 10.3. The molecule has 1 unspecified atom stereocenters. The van der Waals surface area contributed by atoms with Crippen LogP contribution in [-0.2, 0) is 11.2 Å². The molecule has 0 saturated heterocycles. The van der Waals surface area contributed by atoms with Gasteiger partial charge in [-0.1, -0.05) is 30.8 Å². The number of nitrogens with zero attached hydrogens (tertiary/aromatic N) is 2. The maximum absolute atomic E-state index is 13.4. The molecule has 1 aliphatic heterocycles. The highest BCUT2D eigenvalue weighted by Gasteiger charge is 2.27. The zero-order valence-corrected chi connectivity index (χ0v) is 20.1. The van der Waals surface area contributed by atoms with Gasteiger partial charge in [-0.15, -0.1) is 11.8 Å². The smallest absolute Gasteiger partial charge is 0.272 e. The van der Waals surface area contributed by atoms with Crippen LogP contribution in [-0.4, -0.2) is 33.6 Å². The lowest BCUT2D eigenvalue weighted by Gasteiger charge is -2.14. The molecular weight excluding hydrogens is 442 g/mol. The summed E-state index contributed by atoms with van der Waals surface area (Å²) in [7, 11) is 1.60. The molecule has 4 rings (SSSR count). The summed E-state index contributed by atoms with van der Waals surface area (Å²) in [6, 6.07) is 13.2. The number of ether oxygens (including phenoxy) is 1. The molecule has 166 valence electrons. The number of hydrogen-bond donors (Lipinski definition) is 1. The lowest BCUT2D eigenvalue weighted by atomic mass is 10.1. The number of nitrogens with one attached hydrogen (secondary N) is 1. The Kier molecular flexibility index (Phi) is 6.62. The monoisotopic (exact) mass is 467 g/mol. The van der Waals surface area contributed by atoms with Gasteiger partial charge in [-0.2, -0.15) is 0 Å². The molecule has 0 radical (unpaired) electrons. The lowest BCUT2D eigenvalue weighted by molar-refractivity contribution is -0.113. The van der Waals surface area contributed by atoms with E-state index in [-0.39, 0.29) is 17.2 Å². The van der Waals surface area contributed by atoms with Gasteiger partial charge in [0, 0.05) is 17.4 Å². The van der Waals surface area contributed by atoms with Gasteiger partial charge < -0.3 is 10.1 Å². The van der Waals surface area contributed by atoms with Crippen LogP contribution in [0.1, 0.15) is 23.7 Å². The van der Waals surface area contributed by atoms with Gasteiger partial charge >= 0.3 is 0 Å². The molecule has 1 atom stereocenters. The Labute approximate surface area is 195 Å². The second-order valence-corrected chi connectivity index (χ2v) is 10.2. The molecule has 0 spiro atoms. The van der Waals surface area contributed by atoms with E-state index in [1.54, 1.807) is 23.4 Å². The van der Waals surface area contributed by atoms with Crippen LogP contribution in [0, 0.1) is 13.8 Å². The molecule has 1 amide bonds. The molecule has 6 nitrogen and oxygen atoms in total. The van der Waals surface area contributed by atoms with Gasteiger partial charge in [-0.3, -0.25) is 14.2 Å². The van der Waals surface area contributed by atoms with Crippen LogP contribution in [0.25, 0.3) is 5.69 Å². The van der Waals surface area contributed by atoms with Crippen molar-refractivity contribution in [1.82, 2.24) is 9.55 Å². The van der Waals surface area contributed by atoms with E-state index in [4.69, 9.17) is 9.72 Å². The molecule has 0 aliphatic carbocycles. The van der Waals surface area contributed by atoms with Crippen LogP contribution < -0.4 is 15.6 Å². The van der Waals surface area contributed by atoms with Crippen molar-refractivity contribution < 1.29 is 9.53 Å². The number of carbonyl (C=O) groups is 1. The minimum absolute atomic E-state index is 0.0908. The van der Waals surface area contributed by atoms with Gasteiger partial charge in [-0.25, -0.2) is 4.98 Å². The highest BCUT2D eigenvalue weighted by molar-refractivity contribution is 8.00. The predicted octanol–water partition coefficient (Wildman–Crippen LogP) is 4.63. The Balaban J connectivity index is 1.63. The minimum atomic E-state index is -0.137. The molecule has 0 saturated carbocycles. The molecule has 1 N–H and O–H groups in total. The molecular formula is C24H25N3O3S2. The molecule has 0 bridgehead atoms. The summed E-state index contributed by atoms with van der Waals surface area (Å²) >= 11 is 2.83. The maximum Gasteiger partial charge on any atom is 0.272 e. The lowest BCUT2D eigenvalue weighted by Crippen LogP contribution is -2.24. The van der Waals surface area contributed by atoms with E-state index in [9.17, 15) is 9.59 Å².